The zero-order chi connectivity index (χ0) is 22.9. The molecule has 0 atom stereocenters. The van der Waals surface area contributed by atoms with Crippen LogP contribution in [-0.2, 0) is 11.2 Å². The first-order valence-corrected chi connectivity index (χ1v) is 12.1. The molecule has 176 valence electrons. The van der Waals surface area contributed by atoms with Crippen molar-refractivity contribution in [2.75, 3.05) is 50.8 Å². The van der Waals surface area contributed by atoms with Crippen molar-refractivity contribution in [3.8, 4) is 5.75 Å². The van der Waals surface area contributed by atoms with Crippen molar-refractivity contribution in [1.82, 2.24) is 15.5 Å². The number of hydrogen-bond donors (Lipinski definition) is 2. The van der Waals surface area contributed by atoms with E-state index >= 15 is 0 Å². The Morgan fingerprint density at radius 3 is 2.42 bits per heavy atom. The average molecular weight is 450 g/mol. The fourth-order valence-corrected chi connectivity index (χ4v) is 3.93. The first-order chi connectivity index (χ1) is 16.2. The molecule has 2 aromatic rings. The van der Waals surface area contributed by atoms with Crippen LogP contribution >= 0.6 is 0 Å². The Morgan fingerprint density at radius 2 is 1.76 bits per heavy atom. The number of benzene rings is 2. The maximum Gasteiger partial charge on any atom is 0.258 e. The van der Waals surface area contributed by atoms with Gasteiger partial charge in [-0.3, -0.25) is 9.79 Å². The van der Waals surface area contributed by atoms with E-state index < -0.39 is 0 Å². The van der Waals surface area contributed by atoms with Crippen LogP contribution in [0.3, 0.4) is 0 Å². The standard InChI is InChI=1S/C26H35N5O2/c1-2-27-26(31-18-16-30(17-19-31)23-6-4-3-5-7-23)28-15-14-21-8-12-24(13-9-21)33-20-25(32)29-22-10-11-22/h3-9,12-13,22H,2,10-11,14-20H2,1H3,(H,27,28)(H,29,32). The molecule has 2 aliphatic rings. The molecule has 0 bridgehead atoms. The van der Waals surface area contributed by atoms with E-state index in [0.29, 0.717) is 6.04 Å². The number of carbonyl (C=O) groups is 1. The fourth-order valence-electron chi connectivity index (χ4n) is 3.93. The molecule has 1 heterocycles. The summed E-state index contributed by atoms with van der Waals surface area (Å²) in [6.07, 6.45) is 3.03. The van der Waals surface area contributed by atoms with E-state index in [1.807, 2.05) is 12.1 Å². The second kappa shape index (κ2) is 11.6. The van der Waals surface area contributed by atoms with E-state index in [4.69, 9.17) is 9.73 Å². The lowest BCUT2D eigenvalue weighted by Gasteiger charge is -2.37. The number of hydrogen-bond acceptors (Lipinski definition) is 4. The number of rotatable bonds is 9. The SMILES string of the molecule is CCNC(=NCCc1ccc(OCC(=O)NC2CC2)cc1)N1CCN(c2ccccc2)CC1. The molecular formula is C26H35N5O2. The van der Waals surface area contributed by atoms with E-state index in [1.165, 1.54) is 11.3 Å². The Balaban J connectivity index is 1.23. The van der Waals surface area contributed by atoms with Crippen LogP contribution in [0, 0.1) is 0 Å². The van der Waals surface area contributed by atoms with Gasteiger partial charge in [-0.05, 0) is 56.0 Å². The summed E-state index contributed by atoms with van der Waals surface area (Å²) in [5, 5.41) is 6.38. The molecule has 2 aromatic carbocycles. The number of anilines is 1. The monoisotopic (exact) mass is 449 g/mol. The van der Waals surface area contributed by atoms with Gasteiger partial charge in [0.15, 0.2) is 12.6 Å². The molecule has 0 radical (unpaired) electrons. The van der Waals surface area contributed by atoms with Crippen LogP contribution in [0.5, 0.6) is 5.75 Å². The van der Waals surface area contributed by atoms with Gasteiger partial charge in [0, 0.05) is 51.0 Å². The van der Waals surface area contributed by atoms with Crippen molar-refractivity contribution in [1.29, 1.82) is 0 Å². The van der Waals surface area contributed by atoms with Gasteiger partial charge in [-0.15, -0.1) is 0 Å². The van der Waals surface area contributed by atoms with E-state index in [1.54, 1.807) is 0 Å². The Bertz CT molecular complexity index is 904. The van der Waals surface area contributed by atoms with Gasteiger partial charge in [0.2, 0.25) is 0 Å². The molecule has 33 heavy (non-hydrogen) atoms. The summed E-state index contributed by atoms with van der Waals surface area (Å²) in [5.74, 6) is 1.67. The van der Waals surface area contributed by atoms with Crippen LogP contribution in [0.15, 0.2) is 59.6 Å². The number of nitrogens with zero attached hydrogens (tertiary/aromatic N) is 3. The Hall–Kier alpha value is -3.22. The Labute approximate surface area is 196 Å². The number of aliphatic imine (C=N–C) groups is 1. The number of guanidine groups is 1. The molecule has 1 amide bonds. The number of ether oxygens (including phenoxy) is 1. The lowest BCUT2D eigenvalue weighted by atomic mass is 10.1. The summed E-state index contributed by atoms with van der Waals surface area (Å²) < 4.78 is 5.59. The smallest absolute Gasteiger partial charge is 0.258 e. The Kier molecular flexibility index (Phi) is 8.06. The van der Waals surface area contributed by atoms with Crippen LogP contribution < -0.4 is 20.3 Å². The third-order valence-electron chi connectivity index (χ3n) is 5.93. The highest BCUT2D eigenvalue weighted by Gasteiger charge is 2.23. The molecule has 1 saturated heterocycles. The molecule has 0 aromatic heterocycles. The molecular weight excluding hydrogens is 414 g/mol. The topological polar surface area (TPSA) is 69.2 Å². The predicted molar refractivity (Wildman–Crippen MR) is 133 cm³/mol. The molecule has 1 saturated carbocycles. The molecule has 2 N–H and O–H groups in total. The van der Waals surface area contributed by atoms with E-state index in [2.05, 4.69) is 69.8 Å². The quantitative estimate of drug-likeness (QED) is 0.455. The number of carbonyl (C=O) groups excluding carboxylic acids is 1. The average Bonchev–Trinajstić information content (AvgIpc) is 3.68. The lowest BCUT2D eigenvalue weighted by Crippen LogP contribution is -2.52. The number of amides is 1. The largest absolute Gasteiger partial charge is 0.484 e. The minimum absolute atomic E-state index is 0.0449. The van der Waals surface area contributed by atoms with Gasteiger partial charge in [-0.1, -0.05) is 30.3 Å². The fraction of sp³-hybridized carbons (Fsp3) is 0.462. The first kappa shape index (κ1) is 23.0. The van der Waals surface area contributed by atoms with Crippen molar-refractivity contribution in [2.45, 2.75) is 32.2 Å². The van der Waals surface area contributed by atoms with Gasteiger partial charge >= 0.3 is 0 Å². The highest BCUT2D eigenvalue weighted by atomic mass is 16.5. The highest BCUT2D eigenvalue weighted by molar-refractivity contribution is 5.80. The van der Waals surface area contributed by atoms with Crippen LogP contribution in [0.4, 0.5) is 5.69 Å². The second-order valence-corrected chi connectivity index (χ2v) is 8.57. The van der Waals surface area contributed by atoms with Crippen molar-refractivity contribution >= 4 is 17.6 Å². The summed E-state index contributed by atoms with van der Waals surface area (Å²) >= 11 is 0. The second-order valence-electron chi connectivity index (χ2n) is 8.57. The maximum atomic E-state index is 11.7. The van der Waals surface area contributed by atoms with Gasteiger partial charge in [0.25, 0.3) is 5.91 Å². The summed E-state index contributed by atoms with van der Waals surface area (Å²) in [6, 6.07) is 18.9. The van der Waals surface area contributed by atoms with Crippen LogP contribution in [0.25, 0.3) is 0 Å². The summed E-state index contributed by atoms with van der Waals surface area (Å²) in [4.78, 5) is 21.4. The van der Waals surface area contributed by atoms with E-state index in [9.17, 15) is 4.79 Å². The van der Waals surface area contributed by atoms with Gasteiger partial charge < -0.3 is 25.2 Å². The lowest BCUT2D eigenvalue weighted by molar-refractivity contribution is -0.123. The number of piperazine rings is 1. The van der Waals surface area contributed by atoms with Crippen molar-refractivity contribution in [2.24, 2.45) is 4.99 Å². The third-order valence-corrected chi connectivity index (χ3v) is 5.93. The van der Waals surface area contributed by atoms with Crippen LogP contribution in [0.2, 0.25) is 0 Å². The zero-order valence-corrected chi connectivity index (χ0v) is 19.5. The van der Waals surface area contributed by atoms with Gasteiger partial charge in [0.1, 0.15) is 5.75 Å². The molecule has 4 rings (SSSR count). The molecule has 1 aliphatic heterocycles. The highest BCUT2D eigenvalue weighted by Crippen LogP contribution is 2.19. The van der Waals surface area contributed by atoms with Crippen molar-refractivity contribution < 1.29 is 9.53 Å². The van der Waals surface area contributed by atoms with Crippen molar-refractivity contribution in [3.05, 3.63) is 60.2 Å². The molecule has 1 aliphatic carbocycles. The first-order valence-electron chi connectivity index (χ1n) is 12.1. The zero-order valence-electron chi connectivity index (χ0n) is 19.5. The Morgan fingerprint density at radius 1 is 1.03 bits per heavy atom. The molecule has 0 spiro atoms. The summed E-state index contributed by atoms with van der Waals surface area (Å²) in [5.41, 5.74) is 2.49. The number of para-hydroxylation sites is 1. The third kappa shape index (κ3) is 7.14. The maximum absolute atomic E-state index is 11.7. The van der Waals surface area contributed by atoms with Crippen molar-refractivity contribution in [3.63, 3.8) is 0 Å². The van der Waals surface area contributed by atoms with Crippen LogP contribution in [0.1, 0.15) is 25.3 Å². The molecule has 7 heteroatoms. The minimum Gasteiger partial charge on any atom is -0.484 e. The molecule has 0 unspecified atom stereocenters. The number of nitrogens with one attached hydrogen (secondary N) is 2. The predicted octanol–water partition coefficient (Wildman–Crippen LogP) is 2.67. The van der Waals surface area contributed by atoms with Gasteiger partial charge in [-0.25, -0.2) is 0 Å². The molecule has 7 nitrogen and oxygen atoms in total. The molecule has 2 fully saturated rings. The van der Waals surface area contributed by atoms with Gasteiger partial charge in [-0.2, -0.15) is 0 Å². The minimum atomic E-state index is -0.0449. The summed E-state index contributed by atoms with van der Waals surface area (Å²) in [6.45, 7) is 7.68. The van der Waals surface area contributed by atoms with E-state index in [-0.39, 0.29) is 12.5 Å². The van der Waals surface area contributed by atoms with Gasteiger partial charge in [0.05, 0.1) is 0 Å². The van der Waals surface area contributed by atoms with Crippen LogP contribution in [-0.4, -0.2) is 68.7 Å². The summed E-state index contributed by atoms with van der Waals surface area (Å²) in [7, 11) is 0. The normalized spacial score (nSPS) is 16.5. The van der Waals surface area contributed by atoms with E-state index in [0.717, 1.165) is 70.2 Å².